The molecule has 0 radical (unpaired) electrons. The number of hydrogen-bond acceptors (Lipinski definition) is 3. The van der Waals surface area contributed by atoms with Crippen molar-refractivity contribution < 1.29 is 4.74 Å². The second kappa shape index (κ2) is 4.07. The summed E-state index contributed by atoms with van der Waals surface area (Å²) in [4.78, 5) is 0. The van der Waals surface area contributed by atoms with Crippen LogP contribution in [0.4, 0.5) is 5.82 Å². The number of rotatable bonds is 2. The third-order valence-electron chi connectivity index (χ3n) is 3.05. The molecule has 0 saturated carbocycles. The van der Waals surface area contributed by atoms with Crippen molar-refractivity contribution >= 4 is 16.6 Å². The van der Waals surface area contributed by atoms with Gasteiger partial charge in [0.2, 0.25) is 0 Å². The van der Waals surface area contributed by atoms with Crippen molar-refractivity contribution in [3.05, 3.63) is 42.6 Å². The van der Waals surface area contributed by atoms with E-state index in [0.29, 0.717) is 5.82 Å². The first kappa shape index (κ1) is 10.7. The molecular formula is C14H13N3O. The topological polar surface area (TPSA) is 63.9 Å². The van der Waals surface area contributed by atoms with E-state index in [2.05, 4.69) is 22.3 Å². The lowest BCUT2D eigenvalue weighted by molar-refractivity contribution is 0.417. The molecule has 0 aliphatic carbocycles. The summed E-state index contributed by atoms with van der Waals surface area (Å²) in [5, 5.41) is 8.98. The number of nitrogen functional groups attached to an aromatic ring is 1. The van der Waals surface area contributed by atoms with Crippen LogP contribution in [0.1, 0.15) is 0 Å². The van der Waals surface area contributed by atoms with E-state index < -0.39 is 0 Å². The van der Waals surface area contributed by atoms with Crippen LogP contribution in [0.25, 0.3) is 21.9 Å². The summed E-state index contributed by atoms with van der Waals surface area (Å²) < 4.78 is 5.44. The molecule has 3 N–H and O–H groups in total. The Labute approximate surface area is 104 Å². The Hall–Kier alpha value is -2.49. The molecule has 1 heterocycles. The molecule has 0 aliphatic heterocycles. The molecule has 0 aliphatic rings. The molecule has 90 valence electrons. The van der Waals surface area contributed by atoms with Gasteiger partial charge in [-0.1, -0.05) is 30.3 Å². The average Bonchev–Trinajstić information content (AvgIpc) is 2.83. The maximum absolute atomic E-state index is 5.91. The third-order valence-corrected chi connectivity index (χ3v) is 3.05. The summed E-state index contributed by atoms with van der Waals surface area (Å²) in [6.45, 7) is 0. The number of hydrogen-bond donors (Lipinski definition) is 2. The Morgan fingerprint density at radius 1 is 1.17 bits per heavy atom. The van der Waals surface area contributed by atoms with Gasteiger partial charge in [0, 0.05) is 11.1 Å². The number of nitrogens with zero attached hydrogens (tertiary/aromatic N) is 1. The van der Waals surface area contributed by atoms with Crippen LogP contribution in [-0.2, 0) is 0 Å². The van der Waals surface area contributed by atoms with E-state index in [1.54, 1.807) is 13.3 Å². The van der Waals surface area contributed by atoms with Gasteiger partial charge < -0.3 is 10.5 Å². The van der Waals surface area contributed by atoms with Crippen molar-refractivity contribution in [2.75, 3.05) is 12.8 Å². The fraction of sp³-hybridized carbons (Fsp3) is 0.0714. The zero-order valence-corrected chi connectivity index (χ0v) is 9.97. The number of aromatic amines is 1. The van der Waals surface area contributed by atoms with Crippen molar-refractivity contribution in [1.82, 2.24) is 10.2 Å². The van der Waals surface area contributed by atoms with Gasteiger partial charge >= 0.3 is 0 Å². The Morgan fingerprint density at radius 3 is 2.72 bits per heavy atom. The number of methoxy groups -OCH3 is 1. The molecule has 2 aromatic carbocycles. The largest absolute Gasteiger partial charge is 0.496 e. The summed E-state index contributed by atoms with van der Waals surface area (Å²) >= 11 is 0. The van der Waals surface area contributed by atoms with Gasteiger partial charge in [-0.05, 0) is 16.8 Å². The number of nitrogens with one attached hydrogen (secondary N) is 1. The van der Waals surface area contributed by atoms with E-state index in [4.69, 9.17) is 10.5 Å². The molecule has 0 atom stereocenters. The van der Waals surface area contributed by atoms with Crippen LogP contribution < -0.4 is 10.5 Å². The van der Waals surface area contributed by atoms with Crippen LogP contribution in [-0.4, -0.2) is 17.3 Å². The van der Waals surface area contributed by atoms with Crippen molar-refractivity contribution in [3.8, 4) is 16.9 Å². The first-order chi connectivity index (χ1) is 8.81. The SMILES string of the molecule is COc1ccc2ccccc2c1-c1cn[nH]c1N. The van der Waals surface area contributed by atoms with Crippen molar-refractivity contribution in [2.24, 2.45) is 0 Å². The minimum Gasteiger partial charge on any atom is -0.496 e. The molecule has 4 nitrogen and oxygen atoms in total. The highest BCUT2D eigenvalue weighted by molar-refractivity contribution is 6.01. The molecular weight excluding hydrogens is 226 g/mol. The van der Waals surface area contributed by atoms with E-state index in [1.807, 2.05) is 24.3 Å². The molecule has 3 rings (SSSR count). The van der Waals surface area contributed by atoms with E-state index in [1.165, 1.54) is 0 Å². The van der Waals surface area contributed by atoms with Gasteiger partial charge in [0.1, 0.15) is 11.6 Å². The number of ether oxygens (including phenoxy) is 1. The smallest absolute Gasteiger partial charge is 0.127 e. The lowest BCUT2D eigenvalue weighted by Crippen LogP contribution is -1.92. The Bertz CT molecular complexity index is 703. The Morgan fingerprint density at radius 2 is 2.00 bits per heavy atom. The first-order valence-electron chi connectivity index (χ1n) is 5.66. The van der Waals surface area contributed by atoms with E-state index in [0.717, 1.165) is 27.6 Å². The summed E-state index contributed by atoms with van der Waals surface area (Å²) in [5.74, 6) is 1.34. The molecule has 3 aromatic rings. The number of fused-ring (bicyclic) bond motifs is 1. The van der Waals surface area contributed by atoms with E-state index >= 15 is 0 Å². The number of benzene rings is 2. The maximum Gasteiger partial charge on any atom is 0.127 e. The predicted molar refractivity (Wildman–Crippen MR) is 72.5 cm³/mol. The van der Waals surface area contributed by atoms with Crippen LogP contribution in [0.3, 0.4) is 0 Å². The standard InChI is InChI=1S/C14H13N3O/c1-18-12-7-6-9-4-2-3-5-10(9)13(12)11-8-16-17-14(11)15/h2-8H,1H3,(H3,15,16,17). The molecule has 0 saturated heterocycles. The second-order valence-corrected chi connectivity index (χ2v) is 4.06. The molecule has 0 amide bonds. The Balaban J connectivity index is 2.41. The molecule has 0 spiro atoms. The monoisotopic (exact) mass is 239 g/mol. The lowest BCUT2D eigenvalue weighted by Gasteiger charge is -2.11. The zero-order valence-electron chi connectivity index (χ0n) is 9.97. The minimum absolute atomic E-state index is 0.546. The number of H-pyrrole nitrogens is 1. The lowest BCUT2D eigenvalue weighted by atomic mass is 9.99. The van der Waals surface area contributed by atoms with Crippen LogP contribution in [0.2, 0.25) is 0 Å². The summed E-state index contributed by atoms with van der Waals surface area (Å²) in [6.07, 6.45) is 1.72. The van der Waals surface area contributed by atoms with Crippen molar-refractivity contribution in [1.29, 1.82) is 0 Å². The van der Waals surface area contributed by atoms with Crippen LogP contribution >= 0.6 is 0 Å². The van der Waals surface area contributed by atoms with Gasteiger partial charge in [0.05, 0.1) is 13.3 Å². The quantitative estimate of drug-likeness (QED) is 0.722. The number of anilines is 1. The third kappa shape index (κ3) is 1.50. The highest BCUT2D eigenvalue weighted by atomic mass is 16.5. The van der Waals surface area contributed by atoms with Gasteiger partial charge in [-0.25, -0.2) is 0 Å². The molecule has 4 heteroatoms. The van der Waals surface area contributed by atoms with Crippen molar-refractivity contribution in [3.63, 3.8) is 0 Å². The second-order valence-electron chi connectivity index (χ2n) is 4.06. The van der Waals surface area contributed by atoms with Crippen LogP contribution in [0.15, 0.2) is 42.6 Å². The maximum atomic E-state index is 5.91. The highest BCUT2D eigenvalue weighted by Crippen LogP contribution is 2.38. The average molecular weight is 239 g/mol. The first-order valence-corrected chi connectivity index (χ1v) is 5.66. The van der Waals surface area contributed by atoms with Gasteiger partial charge in [-0.2, -0.15) is 5.10 Å². The van der Waals surface area contributed by atoms with Crippen LogP contribution in [0, 0.1) is 0 Å². The summed E-state index contributed by atoms with van der Waals surface area (Å²) in [7, 11) is 1.66. The Kier molecular flexibility index (Phi) is 2.41. The van der Waals surface area contributed by atoms with Gasteiger partial charge in [0.25, 0.3) is 0 Å². The molecule has 1 aromatic heterocycles. The molecule has 0 fully saturated rings. The molecule has 0 unspecified atom stereocenters. The highest BCUT2D eigenvalue weighted by Gasteiger charge is 2.14. The molecule has 18 heavy (non-hydrogen) atoms. The van der Waals surface area contributed by atoms with Gasteiger partial charge in [-0.15, -0.1) is 0 Å². The predicted octanol–water partition coefficient (Wildman–Crippen LogP) is 2.82. The normalized spacial score (nSPS) is 10.7. The molecule has 0 bridgehead atoms. The van der Waals surface area contributed by atoms with Gasteiger partial charge in [0.15, 0.2) is 0 Å². The number of nitrogens with two attached hydrogens (primary N) is 1. The minimum atomic E-state index is 0.546. The summed E-state index contributed by atoms with van der Waals surface area (Å²) in [6, 6.07) is 12.1. The van der Waals surface area contributed by atoms with Crippen LogP contribution in [0.5, 0.6) is 5.75 Å². The van der Waals surface area contributed by atoms with Crippen molar-refractivity contribution in [2.45, 2.75) is 0 Å². The zero-order chi connectivity index (χ0) is 12.5. The fourth-order valence-electron chi connectivity index (χ4n) is 2.19. The number of aromatic nitrogens is 2. The summed E-state index contributed by atoms with van der Waals surface area (Å²) in [5.41, 5.74) is 7.75. The van der Waals surface area contributed by atoms with E-state index in [9.17, 15) is 0 Å². The van der Waals surface area contributed by atoms with Gasteiger partial charge in [-0.3, -0.25) is 5.10 Å². The van der Waals surface area contributed by atoms with E-state index in [-0.39, 0.29) is 0 Å². The fourth-order valence-corrected chi connectivity index (χ4v) is 2.19.